The number of aromatic nitrogens is 1. The number of ether oxygens (including phenoxy) is 2. The van der Waals surface area contributed by atoms with Crippen LogP contribution in [0.15, 0.2) is 40.8 Å². The monoisotopic (exact) mass is 409 g/mol. The zero-order valence-corrected chi connectivity index (χ0v) is 17.4. The number of aliphatic carboxylic acids is 1. The molecule has 4 rings (SSSR count). The third-order valence-electron chi connectivity index (χ3n) is 5.38. The van der Waals surface area contributed by atoms with Crippen molar-refractivity contribution in [2.45, 2.75) is 58.2 Å². The minimum Gasteiger partial charge on any atom is -0.487 e. The highest BCUT2D eigenvalue weighted by molar-refractivity contribution is 5.91. The first-order chi connectivity index (χ1) is 14.6. The van der Waals surface area contributed by atoms with E-state index in [1.54, 1.807) is 0 Å². The molecule has 1 saturated carbocycles. The number of benzene rings is 2. The van der Waals surface area contributed by atoms with Crippen LogP contribution in [0, 0.1) is 6.92 Å². The van der Waals surface area contributed by atoms with Gasteiger partial charge in [-0.05, 0) is 43.2 Å². The molecule has 1 fully saturated rings. The molecule has 30 heavy (non-hydrogen) atoms. The number of carboxylic acids is 1. The molecule has 3 aromatic rings. The lowest BCUT2D eigenvalue weighted by Crippen LogP contribution is -2.26. The zero-order valence-electron chi connectivity index (χ0n) is 17.4. The Morgan fingerprint density at radius 3 is 2.70 bits per heavy atom. The molecule has 1 unspecified atom stereocenters. The van der Waals surface area contributed by atoms with E-state index in [-0.39, 0.29) is 0 Å². The summed E-state index contributed by atoms with van der Waals surface area (Å²) in [6.45, 7) is 4.64. The predicted octanol–water partition coefficient (Wildman–Crippen LogP) is 5.01. The Labute approximate surface area is 175 Å². The van der Waals surface area contributed by atoms with Crippen molar-refractivity contribution in [2.75, 3.05) is 6.61 Å². The Bertz CT molecular complexity index is 1040. The van der Waals surface area contributed by atoms with Gasteiger partial charge in [0.25, 0.3) is 0 Å². The lowest BCUT2D eigenvalue weighted by atomic mass is 9.99. The second kappa shape index (κ2) is 8.88. The molecule has 2 aromatic carbocycles. The first-order valence-corrected chi connectivity index (χ1v) is 10.5. The summed E-state index contributed by atoms with van der Waals surface area (Å²) in [7, 11) is 0. The maximum Gasteiger partial charge on any atom is 0.333 e. The molecule has 1 N–H and O–H groups in total. The lowest BCUT2D eigenvalue weighted by Gasteiger charge is -2.16. The first kappa shape index (κ1) is 20.4. The minimum atomic E-state index is -0.944. The molecule has 1 aliphatic carbocycles. The summed E-state index contributed by atoms with van der Waals surface area (Å²) in [5.74, 6) is 1.88. The third kappa shape index (κ3) is 4.49. The van der Waals surface area contributed by atoms with Crippen LogP contribution in [-0.2, 0) is 22.6 Å². The molecule has 0 bridgehead atoms. The van der Waals surface area contributed by atoms with Crippen LogP contribution in [0.4, 0.5) is 0 Å². The zero-order chi connectivity index (χ0) is 21.1. The Kier molecular flexibility index (Phi) is 6.04. The Morgan fingerprint density at radius 2 is 2.00 bits per heavy atom. The molecule has 0 radical (unpaired) electrons. The highest BCUT2D eigenvalue weighted by atomic mass is 16.5. The van der Waals surface area contributed by atoms with E-state index in [0.717, 1.165) is 58.7 Å². The van der Waals surface area contributed by atoms with Gasteiger partial charge < -0.3 is 19.0 Å². The van der Waals surface area contributed by atoms with Crippen molar-refractivity contribution >= 4 is 16.7 Å². The van der Waals surface area contributed by atoms with E-state index in [9.17, 15) is 9.90 Å². The quantitative estimate of drug-likeness (QED) is 0.507. The molecule has 0 aliphatic heterocycles. The van der Waals surface area contributed by atoms with Crippen LogP contribution in [0.1, 0.15) is 55.0 Å². The van der Waals surface area contributed by atoms with Crippen molar-refractivity contribution in [3.05, 3.63) is 59.3 Å². The van der Waals surface area contributed by atoms with Crippen molar-refractivity contribution < 1.29 is 23.8 Å². The molecule has 1 atom stereocenters. The van der Waals surface area contributed by atoms with Crippen molar-refractivity contribution in [3.63, 3.8) is 0 Å². The van der Waals surface area contributed by atoms with E-state index in [2.05, 4.69) is 4.98 Å². The molecular formula is C24H27NO5. The number of hydrogen-bond acceptors (Lipinski definition) is 5. The van der Waals surface area contributed by atoms with Crippen LogP contribution in [0.2, 0.25) is 0 Å². The summed E-state index contributed by atoms with van der Waals surface area (Å²) >= 11 is 0. The summed E-state index contributed by atoms with van der Waals surface area (Å²) in [4.78, 5) is 16.2. The molecular weight excluding hydrogens is 382 g/mol. The highest BCUT2D eigenvalue weighted by Gasteiger charge is 2.29. The van der Waals surface area contributed by atoms with Gasteiger partial charge in [-0.2, -0.15) is 0 Å². The van der Waals surface area contributed by atoms with Gasteiger partial charge in [0.05, 0.1) is 0 Å². The van der Waals surface area contributed by atoms with Gasteiger partial charge in [-0.1, -0.05) is 37.3 Å². The molecule has 0 amide bonds. The highest BCUT2D eigenvalue weighted by Crippen LogP contribution is 2.40. The minimum absolute atomic E-state index is 0.309. The van der Waals surface area contributed by atoms with E-state index >= 15 is 0 Å². The number of hydrogen-bond donors (Lipinski definition) is 1. The molecule has 0 saturated heterocycles. The summed E-state index contributed by atoms with van der Waals surface area (Å²) in [6, 6.07) is 11.7. The lowest BCUT2D eigenvalue weighted by molar-refractivity contribution is -0.150. The molecule has 1 aromatic heterocycles. The first-order valence-electron chi connectivity index (χ1n) is 10.5. The van der Waals surface area contributed by atoms with E-state index in [1.807, 2.05) is 50.2 Å². The molecule has 0 spiro atoms. The smallest absolute Gasteiger partial charge is 0.333 e. The van der Waals surface area contributed by atoms with Crippen LogP contribution in [0.5, 0.6) is 5.75 Å². The molecule has 1 heterocycles. The predicted molar refractivity (Wildman–Crippen MR) is 113 cm³/mol. The molecule has 1 aliphatic rings. The van der Waals surface area contributed by atoms with Crippen LogP contribution < -0.4 is 4.74 Å². The van der Waals surface area contributed by atoms with Gasteiger partial charge in [0, 0.05) is 24.3 Å². The van der Waals surface area contributed by atoms with E-state index in [4.69, 9.17) is 13.9 Å². The maximum absolute atomic E-state index is 11.6. The van der Waals surface area contributed by atoms with Gasteiger partial charge in [-0.15, -0.1) is 0 Å². The van der Waals surface area contributed by atoms with Crippen LogP contribution in [0.3, 0.4) is 0 Å². The summed E-state index contributed by atoms with van der Waals surface area (Å²) < 4.78 is 17.4. The molecule has 6 heteroatoms. The standard InChI is InChI=1S/C24H27NO5/c1-3-12-28-22(24(26)27)13-17-10-11-21(19-7-5-4-6-18(17)19)29-14-20-15(2)30-23(25-20)16-8-9-16/h4-7,10-11,16,22H,3,8-9,12-14H2,1-2H3,(H,26,27). The van der Waals surface area contributed by atoms with Gasteiger partial charge in [-0.3, -0.25) is 0 Å². The topological polar surface area (TPSA) is 81.8 Å². The third-order valence-corrected chi connectivity index (χ3v) is 5.38. The van der Waals surface area contributed by atoms with Crippen LogP contribution in [-0.4, -0.2) is 28.8 Å². The SMILES string of the molecule is CCCOC(Cc1ccc(OCc2nc(C3CC3)oc2C)c2ccccc12)C(=O)O. The number of aryl methyl sites for hydroxylation is 1. The Balaban J connectivity index is 1.55. The van der Waals surface area contributed by atoms with Gasteiger partial charge in [0.15, 0.2) is 12.0 Å². The van der Waals surface area contributed by atoms with Crippen molar-refractivity contribution in [3.8, 4) is 5.75 Å². The fourth-order valence-electron chi connectivity index (χ4n) is 3.55. The van der Waals surface area contributed by atoms with Gasteiger partial charge in [-0.25, -0.2) is 9.78 Å². The van der Waals surface area contributed by atoms with Gasteiger partial charge >= 0.3 is 5.97 Å². The second-order valence-electron chi connectivity index (χ2n) is 7.79. The number of fused-ring (bicyclic) bond motifs is 1. The fraction of sp³-hybridized carbons (Fsp3) is 0.417. The average molecular weight is 409 g/mol. The van der Waals surface area contributed by atoms with E-state index in [0.29, 0.717) is 25.6 Å². The molecule has 158 valence electrons. The summed E-state index contributed by atoms with van der Waals surface area (Å²) in [6.07, 6.45) is 2.51. The summed E-state index contributed by atoms with van der Waals surface area (Å²) in [5.41, 5.74) is 1.75. The van der Waals surface area contributed by atoms with E-state index < -0.39 is 12.1 Å². The number of nitrogens with zero attached hydrogens (tertiary/aromatic N) is 1. The van der Waals surface area contributed by atoms with Crippen LogP contribution in [0.25, 0.3) is 10.8 Å². The van der Waals surface area contributed by atoms with Crippen molar-refractivity contribution in [1.82, 2.24) is 4.98 Å². The van der Waals surface area contributed by atoms with Crippen molar-refractivity contribution in [1.29, 1.82) is 0 Å². The maximum atomic E-state index is 11.6. The number of carboxylic acid groups (broad SMARTS) is 1. The van der Waals surface area contributed by atoms with Gasteiger partial charge in [0.1, 0.15) is 23.8 Å². The Hall–Kier alpha value is -2.86. The molecule has 6 nitrogen and oxygen atoms in total. The largest absolute Gasteiger partial charge is 0.487 e. The number of rotatable bonds is 10. The normalized spacial score (nSPS) is 14.7. The van der Waals surface area contributed by atoms with E-state index in [1.165, 1.54) is 0 Å². The fourth-order valence-corrected chi connectivity index (χ4v) is 3.55. The van der Waals surface area contributed by atoms with Gasteiger partial charge in [0.2, 0.25) is 0 Å². The Morgan fingerprint density at radius 1 is 1.23 bits per heavy atom. The number of oxazole rings is 1. The van der Waals surface area contributed by atoms with Crippen LogP contribution >= 0.6 is 0 Å². The van der Waals surface area contributed by atoms with Crippen molar-refractivity contribution in [2.24, 2.45) is 0 Å². The number of carbonyl (C=O) groups is 1. The second-order valence-corrected chi connectivity index (χ2v) is 7.79. The average Bonchev–Trinajstić information content (AvgIpc) is 3.53. The summed E-state index contributed by atoms with van der Waals surface area (Å²) in [5, 5.41) is 11.4.